The zero-order valence-corrected chi connectivity index (χ0v) is 14.9. The minimum Gasteiger partial charge on any atom is -0.351 e. The average Bonchev–Trinajstić information content (AvgIpc) is 2.85. The van der Waals surface area contributed by atoms with Gasteiger partial charge in [0.05, 0.1) is 12.1 Å². The summed E-state index contributed by atoms with van der Waals surface area (Å²) in [5, 5.41) is 0. The predicted octanol–water partition coefficient (Wildman–Crippen LogP) is 2.71. The van der Waals surface area contributed by atoms with E-state index in [2.05, 4.69) is 13.2 Å². The van der Waals surface area contributed by atoms with Crippen molar-refractivity contribution in [3.05, 3.63) is 36.2 Å². The summed E-state index contributed by atoms with van der Waals surface area (Å²) in [5.74, 6) is 0.00725. The van der Waals surface area contributed by atoms with Gasteiger partial charge in [0.25, 0.3) is 0 Å². The van der Waals surface area contributed by atoms with E-state index >= 15 is 0 Å². The van der Waals surface area contributed by atoms with E-state index < -0.39 is 6.03 Å². The van der Waals surface area contributed by atoms with Gasteiger partial charge in [-0.15, -0.1) is 0 Å². The number of nitrogens with two attached hydrogens (primary N) is 1. The maximum Gasteiger partial charge on any atom is 0.323 e. The van der Waals surface area contributed by atoms with E-state index in [9.17, 15) is 9.59 Å². The zero-order valence-electron chi connectivity index (χ0n) is 14.9. The fraction of sp³-hybridized carbons (Fsp3) is 0.389. The maximum atomic E-state index is 12.4. The molecule has 0 aliphatic rings. The highest BCUT2D eigenvalue weighted by Gasteiger charge is 2.20. The number of aromatic nitrogens is 1. The van der Waals surface area contributed by atoms with E-state index in [1.54, 1.807) is 17.2 Å². The fourth-order valence-corrected chi connectivity index (χ4v) is 2.45. The number of rotatable bonds is 6. The number of carbonyl (C=O) groups excluding carboxylic acids is 3. The number of likely N-dealkylation sites (N-methyl/N-ethyl adjacent to an activating group) is 1. The molecule has 1 heterocycles. The van der Waals surface area contributed by atoms with Crippen molar-refractivity contribution in [3.63, 3.8) is 0 Å². The van der Waals surface area contributed by atoms with Crippen molar-refractivity contribution in [2.24, 2.45) is 5.73 Å². The number of primary amides is 1. The standard InChI is InChI=1S/C16H23N3O2.C2H4O/c1-6-13-12(9-15(20)18(8-3)11(4)5)10-19(16(17)21)14(13)7-2;1-2-3/h6-7,10-11H,1-2,8-9H2,3-5H3,(H2,17,21);2H,1H3. The number of aldehydes is 1. The third-order valence-electron chi connectivity index (χ3n) is 3.43. The van der Waals surface area contributed by atoms with Crippen LogP contribution in [0.4, 0.5) is 4.79 Å². The molecule has 0 saturated heterocycles. The molecule has 0 aliphatic carbocycles. The molecule has 0 unspecified atom stereocenters. The lowest BCUT2D eigenvalue weighted by molar-refractivity contribution is -0.131. The Morgan fingerprint density at radius 2 is 1.88 bits per heavy atom. The molecule has 2 N–H and O–H groups in total. The zero-order chi connectivity index (χ0) is 18.9. The largest absolute Gasteiger partial charge is 0.351 e. The van der Waals surface area contributed by atoms with Crippen LogP contribution in [-0.2, 0) is 16.0 Å². The van der Waals surface area contributed by atoms with Crippen LogP contribution in [0.15, 0.2) is 19.4 Å². The molecule has 0 aliphatic heterocycles. The van der Waals surface area contributed by atoms with Gasteiger partial charge in [0.15, 0.2) is 0 Å². The summed E-state index contributed by atoms with van der Waals surface area (Å²) in [4.78, 5) is 34.4. The van der Waals surface area contributed by atoms with E-state index in [4.69, 9.17) is 10.5 Å². The monoisotopic (exact) mass is 333 g/mol. The second-order valence-corrected chi connectivity index (χ2v) is 5.26. The molecule has 1 rings (SSSR count). The Kier molecular flexibility index (Phi) is 9.08. The van der Waals surface area contributed by atoms with Gasteiger partial charge in [0.1, 0.15) is 6.29 Å². The van der Waals surface area contributed by atoms with Gasteiger partial charge in [-0.1, -0.05) is 19.2 Å². The number of hydrogen-bond acceptors (Lipinski definition) is 3. The van der Waals surface area contributed by atoms with Crippen LogP contribution in [0.1, 0.15) is 44.5 Å². The van der Waals surface area contributed by atoms with Gasteiger partial charge in [0, 0.05) is 24.3 Å². The Morgan fingerprint density at radius 3 is 2.21 bits per heavy atom. The Balaban J connectivity index is 0.00000163. The molecule has 1 aromatic heterocycles. The molecule has 6 nitrogen and oxygen atoms in total. The van der Waals surface area contributed by atoms with Crippen LogP contribution in [0.25, 0.3) is 12.2 Å². The molecule has 0 fully saturated rings. The van der Waals surface area contributed by atoms with Crippen LogP contribution in [0.5, 0.6) is 0 Å². The van der Waals surface area contributed by atoms with Crippen molar-refractivity contribution in [2.75, 3.05) is 6.54 Å². The fourth-order valence-electron chi connectivity index (χ4n) is 2.45. The molecule has 132 valence electrons. The number of amides is 2. The summed E-state index contributed by atoms with van der Waals surface area (Å²) in [6.45, 7) is 15.4. The summed E-state index contributed by atoms with van der Waals surface area (Å²) in [6.07, 6.45) is 5.69. The minimum atomic E-state index is -0.608. The molecule has 0 saturated carbocycles. The van der Waals surface area contributed by atoms with Gasteiger partial charge in [-0.3, -0.25) is 9.36 Å². The van der Waals surface area contributed by atoms with Crippen LogP contribution in [-0.4, -0.2) is 40.3 Å². The second-order valence-electron chi connectivity index (χ2n) is 5.26. The third kappa shape index (κ3) is 5.22. The molecule has 0 spiro atoms. The van der Waals surface area contributed by atoms with Crippen molar-refractivity contribution >= 4 is 30.4 Å². The number of nitrogens with zero attached hydrogens (tertiary/aromatic N) is 2. The van der Waals surface area contributed by atoms with Crippen molar-refractivity contribution in [1.82, 2.24) is 9.47 Å². The van der Waals surface area contributed by atoms with E-state index in [0.717, 1.165) is 17.4 Å². The molecule has 24 heavy (non-hydrogen) atoms. The topological polar surface area (TPSA) is 85.4 Å². The minimum absolute atomic E-state index is 0.00725. The Labute approximate surface area is 143 Å². The van der Waals surface area contributed by atoms with Crippen LogP contribution in [0, 0.1) is 0 Å². The molecular formula is C18H27N3O3. The van der Waals surface area contributed by atoms with Gasteiger partial charge in [-0.05, 0) is 39.3 Å². The van der Waals surface area contributed by atoms with Gasteiger partial charge in [-0.2, -0.15) is 0 Å². The van der Waals surface area contributed by atoms with Gasteiger partial charge >= 0.3 is 6.03 Å². The number of carbonyl (C=O) groups is 3. The first-order chi connectivity index (χ1) is 11.3. The first-order valence-corrected chi connectivity index (χ1v) is 7.76. The average molecular weight is 333 g/mol. The maximum absolute atomic E-state index is 12.4. The van der Waals surface area contributed by atoms with Crippen LogP contribution >= 0.6 is 0 Å². The first-order valence-electron chi connectivity index (χ1n) is 7.76. The molecule has 0 radical (unpaired) electrons. The highest BCUT2D eigenvalue weighted by Crippen LogP contribution is 2.21. The van der Waals surface area contributed by atoms with Crippen LogP contribution in [0.3, 0.4) is 0 Å². The van der Waals surface area contributed by atoms with Crippen LogP contribution < -0.4 is 5.73 Å². The molecule has 0 atom stereocenters. The SMILES string of the molecule is C=Cc1c(CC(=O)N(CC)C(C)C)cn(C(N)=O)c1C=C.CC=O. The molecular weight excluding hydrogens is 306 g/mol. The Morgan fingerprint density at radius 1 is 1.33 bits per heavy atom. The summed E-state index contributed by atoms with van der Waals surface area (Å²) >= 11 is 0. The summed E-state index contributed by atoms with van der Waals surface area (Å²) in [6, 6.07) is -0.477. The summed E-state index contributed by atoms with van der Waals surface area (Å²) in [5.41, 5.74) is 7.35. The smallest absolute Gasteiger partial charge is 0.323 e. The Bertz CT molecular complexity index is 615. The van der Waals surface area contributed by atoms with Crippen LogP contribution in [0.2, 0.25) is 0 Å². The van der Waals surface area contributed by atoms with E-state index in [0.29, 0.717) is 12.2 Å². The Hall–Kier alpha value is -2.63. The lowest BCUT2D eigenvalue weighted by atomic mass is 10.1. The first kappa shape index (κ1) is 21.4. The molecule has 0 bridgehead atoms. The normalized spacial score (nSPS) is 9.71. The van der Waals surface area contributed by atoms with E-state index in [1.807, 2.05) is 20.8 Å². The van der Waals surface area contributed by atoms with Crippen molar-refractivity contribution in [1.29, 1.82) is 0 Å². The second kappa shape index (κ2) is 10.2. The predicted molar refractivity (Wildman–Crippen MR) is 97.6 cm³/mol. The molecule has 2 amide bonds. The highest BCUT2D eigenvalue weighted by molar-refractivity contribution is 5.85. The quantitative estimate of drug-likeness (QED) is 0.812. The van der Waals surface area contributed by atoms with E-state index in [-0.39, 0.29) is 18.4 Å². The van der Waals surface area contributed by atoms with Crippen molar-refractivity contribution in [3.8, 4) is 0 Å². The lowest BCUT2D eigenvalue weighted by Crippen LogP contribution is -2.37. The van der Waals surface area contributed by atoms with Gasteiger partial charge < -0.3 is 15.4 Å². The highest BCUT2D eigenvalue weighted by atomic mass is 16.2. The van der Waals surface area contributed by atoms with E-state index in [1.165, 1.54) is 17.6 Å². The van der Waals surface area contributed by atoms with Gasteiger partial charge in [-0.25, -0.2) is 4.79 Å². The third-order valence-corrected chi connectivity index (χ3v) is 3.43. The number of hydrogen-bond donors (Lipinski definition) is 1. The van der Waals surface area contributed by atoms with Gasteiger partial charge in [0.2, 0.25) is 5.91 Å². The van der Waals surface area contributed by atoms with Crippen molar-refractivity contribution in [2.45, 2.75) is 40.2 Å². The molecule has 6 heteroatoms. The molecule has 1 aromatic rings. The lowest BCUT2D eigenvalue weighted by Gasteiger charge is -2.25. The summed E-state index contributed by atoms with van der Waals surface area (Å²) in [7, 11) is 0. The molecule has 0 aromatic carbocycles. The summed E-state index contributed by atoms with van der Waals surface area (Å²) < 4.78 is 1.29. The van der Waals surface area contributed by atoms with Crippen molar-refractivity contribution < 1.29 is 14.4 Å².